The van der Waals surface area contributed by atoms with Crippen molar-refractivity contribution in [1.82, 2.24) is 0 Å². The minimum absolute atomic E-state index is 0.0324. The van der Waals surface area contributed by atoms with E-state index in [4.69, 9.17) is 0 Å². The van der Waals surface area contributed by atoms with E-state index in [1.54, 1.807) is 42.5 Å². The van der Waals surface area contributed by atoms with Gasteiger partial charge in [0.05, 0.1) is 22.9 Å². The largest absolute Gasteiger partial charge is 0.508 e. The van der Waals surface area contributed by atoms with E-state index in [9.17, 15) is 24.3 Å². The van der Waals surface area contributed by atoms with Crippen molar-refractivity contribution in [2.75, 3.05) is 4.90 Å². The third-order valence-electron chi connectivity index (χ3n) is 11.2. The number of nitrogens with zero attached hydrogens (tertiary/aromatic N) is 1. The first-order chi connectivity index (χ1) is 24.1. The molecule has 2 amide bonds. The molecule has 4 aromatic rings. The lowest BCUT2D eigenvalue weighted by Gasteiger charge is -2.55. The fraction of sp³-hybridized carbons (Fsp3) is 0.214. The Labute approximate surface area is 297 Å². The van der Waals surface area contributed by atoms with E-state index in [1.807, 2.05) is 66.7 Å². The number of ketones is 3. The number of aromatic hydroxyl groups is 1. The Morgan fingerprint density at radius 3 is 2.20 bits per heavy atom. The molecule has 6 atom stereocenters. The zero-order chi connectivity index (χ0) is 34.9. The fourth-order valence-electron chi connectivity index (χ4n) is 9.08. The molecule has 0 bridgehead atoms. The molecule has 1 saturated heterocycles. The van der Waals surface area contributed by atoms with Crippen LogP contribution < -0.4 is 4.90 Å². The van der Waals surface area contributed by atoms with Crippen LogP contribution in [0.15, 0.2) is 125 Å². The lowest BCUT2D eigenvalue weighted by molar-refractivity contribution is -0.135. The quantitative estimate of drug-likeness (QED) is 0.131. The number of carbonyl (C=O) groups is 5. The van der Waals surface area contributed by atoms with Crippen LogP contribution in [0.3, 0.4) is 0 Å². The number of halogens is 1. The number of allylic oxidation sites excluding steroid dienone is 4. The number of anilines is 1. The lowest BCUT2D eigenvalue weighted by atomic mass is 9.44. The van der Waals surface area contributed by atoms with E-state index >= 15 is 4.79 Å². The molecule has 7 nitrogen and oxygen atoms in total. The Balaban J connectivity index is 1.34. The van der Waals surface area contributed by atoms with Crippen LogP contribution in [0.5, 0.6) is 5.75 Å². The smallest absolute Gasteiger partial charge is 0.238 e. The molecule has 1 N–H and O–H groups in total. The maximum absolute atomic E-state index is 15.1. The highest BCUT2D eigenvalue weighted by Gasteiger charge is 2.66. The second-order valence-corrected chi connectivity index (χ2v) is 14.5. The normalized spacial score (nSPS) is 27.2. The molecule has 4 aromatic carbocycles. The number of benzene rings is 4. The van der Waals surface area contributed by atoms with Gasteiger partial charge in [-0.2, -0.15) is 0 Å². The van der Waals surface area contributed by atoms with Gasteiger partial charge < -0.3 is 5.11 Å². The van der Waals surface area contributed by atoms with Crippen LogP contribution in [-0.4, -0.2) is 34.3 Å². The summed E-state index contributed by atoms with van der Waals surface area (Å²) in [6, 6.07) is 29.9. The molecule has 248 valence electrons. The molecular weight excluding hydrogens is 694 g/mol. The van der Waals surface area contributed by atoms with Crippen LogP contribution >= 0.6 is 15.9 Å². The van der Waals surface area contributed by atoms with Crippen LogP contribution in [-0.2, 0) is 24.6 Å². The second-order valence-electron chi connectivity index (χ2n) is 13.6. The highest BCUT2D eigenvalue weighted by molar-refractivity contribution is 9.10. The molecule has 0 spiro atoms. The van der Waals surface area contributed by atoms with Crippen LogP contribution in [0.1, 0.15) is 52.7 Å². The Kier molecular flexibility index (Phi) is 7.68. The number of imide groups is 1. The zero-order valence-electron chi connectivity index (χ0n) is 27.1. The number of hydrogen-bond acceptors (Lipinski definition) is 6. The summed E-state index contributed by atoms with van der Waals surface area (Å²) in [5, 5.41) is 11.5. The Morgan fingerprint density at radius 1 is 0.840 bits per heavy atom. The van der Waals surface area contributed by atoms with Crippen molar-refractivity contribution in [1.29, 1.82) is 0 Å². The minimum Gasteiger partial charge on any atom is -0.508 e. The molecule has 8 heteroatoms. The van der Waals surface area contributed by atoms with Gasteiger partial charge in [-0.15, -0.1) is 0 Å². The number of carbonyl (C=O) groups excluding carboxylic acids is 5. The predicted molar refractivity (Wildman–Crippen MR) is 191 cm³/mol. The molecule has 1 aliphatic heterocycles. The Hall–Kier alpha value is -5.21. The van der Waals surface area contributed by atoms with E-state index in [0.717, 1.165) is 5.57 Å². The van der Waals surface area contributed by atoms with Gasteiger partial charge >= 0.3 is 0 Å². The number of hydrogen-bond donors (Lipinski definition) is 1. The topological polar surface area (TPSA) is 109 Å². The number of amides is 2. The minimum atomic E-state index is -1.43. The molecule has 0 radical (unpaired) electrons. The van der Waals surface area contributed by atoms with Gasteiger partial charge in [0.15, 0.2) is 17.3 Å². The monoisotopic (exact) mass is 725 g/mol. The standard InChI is InChI=1S/C42H32BrNO6/c1-23(45)24-12-15-28(16-13-24)44-40(49)30-18-17-29-32(37(30)41(44)50)21-34-39(48)31(25-8-4-2-5-9-25)22-36(47)42(34,26-10-6-3-7-11-26)38(29)33-20-27(43)14-19-35(33)46/h2-17,19-20,22,30,32,34,37-38,46H,18,21H2,1H3. The molecule has 4 aliphatic rings. The average Bonchev–Trinajstić information content (AvgIpc) is 3.39. The van der Waals surface area contributed by atoms with Gasteiger partial charge in [-0.3, -0.25) is 28.9 Å². The number of phenols is 1. The predicted octanol–water partition coefficient (Wildman–Crippen LogP) is 7.39. The number of Topliss-reactive ketones (excluding diaryl/α,β-unsaturated/α-hetero) is 2. The van der Waals surface area contributed by atoms with Gasteiger partial charge in [0, 0.05) is 33.0 Å². The summed E-state index contributed by atoms with van der Waals surface area (Å²) < 4.78 is 0.684. The van der Waals surface area contributed by atoms with Gasteiger partial charge in [-0.1, -0.05) is 88.2 Å². The van der Waals surface area contributed by atoms with Gasteiger partial charge in [0.1, 0.15) is 5.75 Å². The summed E-state index contributed by atoms with van der Waals surface area (Å²) in [4.78, 5) is 71.8. The van der Waals surface area contributed by atoms with Crippen molar-refractivity contribution in [2.24, 2.45) is 23.7 Å². The van der Waals surface area contributed by atoms with E-state index in [-0.39, 0.29) is 47.8 Å². The van der Waals surface area contributed by atoms with Crippen molar-refractivity contribution in [3.05, 3.63) is 148 Å². The van der Waals surface area contributed by atoms with E-state index < -0.39 is 35.0 Å². The highest BCUT2D eigenvalue weighted by Crippen LogP contribution is 2.64. The van der Waals surface area contributed by atoms with E-state index in [2.05, 4.69) is 15.9 Å². The molecule has 2 fully saturated rings. The molecule has 6 unspecified atom stereocenters. The van der Waals surface area contributed by atoms with Crippen LogP contribution in [0.4, 0.5) is 5.69 Å². The molecule has 3 aliphatic carbocycles. The van der Waals surface area contributed by atoms with E-state index in [0.29, 0.717) is 38.0 Å². The van der Waals surface area contributed by atoms with Crippen molar-refractivity contribution in [3.63, 3.8) is 0 Å². The summed E-state index contributed by atoms with van der Waals surface area (Å²) in [6.07, 6.45) is 3.86. The highest BCUT2D eigenvalue weighted by atomic mass is 79.9. The van der Waals surface area contributed by atoms with Gasteiger partial charge in [0.2, 0.25) is 11.8 Å². The summed E-state index contributed by atoms with van der Waals surface area (Å²) in [6.45, 7) is 1.46. The molecule has 0 aromatic heterocycles. The Bertz CT molecular complexity index is 2170. The first-order valence-electron chi connectivity index (χ1n) is 16.7. The number of fused-ring (bicyclic) bond motifs is 4. The summed E-state index contributed by atoms with van der Waals surface area (Å²) in [5.74, 6) is -5.06. The maximum Gasteiger partial charge on any atom is 0.238 e. The summed E-state index contributed by atoms with van der Waals surface area (Å²) in [5.41, 5.74) is 2.25. The second kappa shape index (κ2) is 12.0. The number of phenolic OH excluding ortho intramolecular Hbond substituents is 1. The first kappa shape index (κ1) is 32.0. The Morgan fingerprint density at radius 2 is 1.52 bits per heavy atom. The van der Waals surface area contributed by atoms with Crippen molar-refractivity contribution in [3.8, 4) is 5.75 Å². The van der Waals surface area contributed by atoms with E-state index in [1.165, 1.54) is 17.9 Å². The number of rotatable bonds is 5. The third-order valence-corrected chi connectivity index (χ3v) is 11.7. The molecule has 1 saturated carbocycles. The molecule has 8 rings (SSSR count). The third kappa shape index (κ3) is 4.65. The van der Waals surface area contributed by atoms with Crippen LogP contribution in [0.2, 0.25) is 0 Å². The molecule has 1 heterocycles. The van der Waals surface area contributed by atoms with Gasteiger partial charge in [-0.05, 0) is 85.4 Å². The maximum atomic E-state index is 15.1. The van der Waals surface area contributed by atoms with Crippen molar-refractivity contribution >= 4 is 56.4 Å². The molecule has 50 heavy (non-hydrogen) atoms. The van der Waals surface area contributed by atoms with Gasteiger partial charge in [0.25, 0.3) is 0 Å². The zero-order valence-corrected chi connectivity index (χ0v) is 28.7. The SMILES string of the molecule is CC(=O)c1ccc(N2C(=O)C3CC=C4C(CC5C(=O)C(c6ccccc6)=CC(=O)C5(c5ccccc5)C4c4cc(Br)ccc4O)C3C2=O)cc1. The lowest BCUT2D eigenvalue weighted by Crippen LogP contribution is -2.58. The fourth-order valence-corrected chi connectivity index (χ4v) is 9.45. The van der Waals surface area contributed by atoms with Crippen molar-refractivity contribution in [2.45, 2.75) is 31.1 Å². The summed E-state index contributed by atoms with van der Waals surface area (Å²) in [7, 11) is 0. The summed E-state index contributed by atoms with van der Waals surface area (Å²) >= 11 is 3.57. The molecular formula is C42H32BrNO6. The average molecular weight is 727 g/mol. The van der Waals surface area contributed by atoms with Gasteiger partial charge in [-0.25, -0.2) is 0 Å². The van der Waals surface area contributed by atoms with Crippen LogP contribution in [0, 0.1) is 23.7 Å². The van der Waals surface area contributed by atoms with Crippen LogP contribution in [0.25, 0.3) is 5.57 Å². The van der Waals surface area contributed by atoms with Crippen molar-refractivity contribution < 1.29 is 29.1 Å². The first-order valence-corrected chi connectivity index (χ1v) is 17.5.